The number of anilines is 1. The average molecular weight is 348 g/mol. The van der Waals surface area contributed by atoms with Gasteiger partial charge >= 0.3 is 0 Å². The Kier molecular flexibility index (Phi) is 5.81. The molecule has 24 heavy (non-hydrogen) atoms. The van der Waals surface area contributed by atoms with E-state index in [-0.39, 0.29) is 10.8 Å². The smallest absolute Gasteiger partial charge is 0.261 e. The molecule has 6 nitrogen and oxygen atoms in total. The molecule has 0 aliphatic rings. The molecule has 0 aliphatic carbocycles. The Balaban J connectivity index is 2.12. The largest absolute Gasteiger partial charge is 0.497 e. The summed E-state index contributed by atoms with van der Waals surface area (Å²) in [6.07, 6.45) is 0.837. The molecule has 2 aromatic carbocycles. The van der Waals surface area contributed by atoms with Gasteiger partial charge in [-0.1, -0.05) is 6.92 Å². The first-order chi connectivity index (χ1) is 11.5. The molecular weight excluding hydrogens is 328 g/mol. The zero-order valence-corrected chi connectivity index (χ0v) is 14.4. The van der Waals surface area contributed by atoms with Crippen molar-refractivity contribution in [2.75, 3.05) is 18.4 Å². The summed E-state index contributed by atoms with van der Waals surface area (Å²) in [4.78, 5) is 11.9. The molecule has 0 spiro atoms. The molecule has 0 saturated heterocycles. The van der Waals surface area contributed by atoms with Crippen molar-refractivity contribution in [3.63, 3.8) is 0 Å². The lowest BCUT2D eigenvalue weighted by Gasteiger charge is -2.09. The van der Waals surface area contributed by atoms with Crippen LogP contribution in [0.2, 0.25) is 0 Å². The van der Waals surface area contributed by atoms with E-state index in [9.17, 15) is 13.2 Å². The Labute approximate surface area is 141 Å². The minimum absolute atomic E-state index is 0.0883. The van der Waals surface area contributed by atoms with Crippen LogP contribution in [0.25, 0.3) is 0 Å². The maximum absolute atomic E-state index is 12.4. The fraction of sp³-hybridized carbons (Fsp3) is 0.235. The van der Waals surface area contributed by atoms with Gasteiger partial charge in [0.05, 0.1) is 12.0 Å². The number of benzene rings is 2. The van der Waals surface area contributed by atoms with Crippen molar-refractivity contribution in [1.82, 2.24) is 5.32 Å². The van der Waals surface area contributed by atoms with Crippen molar-refractivity contribution < 1.29 is 17.9 Å². The van der Waals surface area contributed by atoms with E-state index < -0.39 is 10.0 Å². The number of carbonyl (C=O) groups excluding carboxylic acids is 1. The van der Waals surface area contributed by atoms with Gasteiger partial charge in [-0.25, -0.2) is 8.42 Å². The Morgan fingerprint density at radius 3 is 2.21 bits per heavy atom. The normalized spacial score (nSPS) is 10.9. The van der Waals surface area contributed by atoms with Crippen LogP contribution in [0.15, 0.2) is 53.4 Å². The molecule has 0 heterocycles. The van der Waals surface area contributed by atoms with Crippen molar-refractivity contribution >= 4 is 21.6 Å². The topological polar surface area (TPSA) is 84.5 Å². The predicted molar refractivity (Wildman–Crippen MR) is 92.9 cm³/mol. The van der Waals surface area contributed by atoms with Crippen LogP contribution in [0.3, 0.4) is 0 Å². The summed E-state index contributed by atoms with van der Waals surface area (Å²) in [5.41, 5.74) is 0.854. The number of hydrogen-bond acceptors (Lipinski definition) is 4. The Hall–Kier alpha value is -2.54. The molecule has 128 valence electrons. The van der Waals surface area contributed by atoms with E-state index in [1.807, 2.05) is 6.92 Å². The number of ether oxygens (including phenoxy) is 1. The molecule has 0 aromatic heterocycles. The first kappa shape index (κ1) is 17.8. The fourth-order valence-corrected chi connectivity index (χ4v) is 3.06. The van der Waals surface area contributed by atoms with Gasteiger partial charge in [0, 0.05) is 17.8 Å². The molecule has 2 aromatic rings. The van der Waals surface area contributed by atoms with E-state index in [1.165, 1.54) is 31.4 Å². The van der Waals surface area contributed by atoms with E-state index in [2.05, 4.69) is 10.0 Å². The van der Waals surface area contributed by atoms with Gasteiger partial charge in [0.25, 0.3) is 15.9 Å². The Bertz CT molecular complexity index is 784. The van der Waals surface area contributed by atoms with Gasteiger partial charge in [0.15, 0.2) is 0 Å². The summed E-state index contributed by atoms with van der Waals surface area (Å²) >= 11 is 0. The van der Waals surface area contributed by atoms with E-state index >= 15 is 0 Å². The van der Waals surface area contributed by atoms with Crippen LogP contribution < -0.4 is 14.8 Å². The van der Waals surface area contributed by atoms with Gasteiger partial charge in [0.2, 0.25) is 0 Å². The highest BCUT2D eigenvalue weighted by Gasteiger charge is 2.15. The molecule has 2 rings (SSSR count). The number of sulfonamides is 1. The molecule has 0 aliphatic heterocycles. The molecule has 2 N–H and O–H groups in total. The van der Waals surface area contributed by atoms with Crippen LogP contribution in [0.1, 0.15) is 23.7 Å². The van der Waals surface area contributed by atoms with Gasteiger partial charge in [-0.15, -0.1) is 0 Å². The van der Waals surface area contributed by atoms with Crippen LogP contribution in [0, 0.1) is 0 Å². The quantitative estimate of drug-likeness (QED) is 0.805. The summed E-state index contributed by atoms with van der Waals surface area (Å²) in [6.45, 7) is 2.54. The third-order valence-electron chi connectivity index (χ3n) is 3.30. The molecule has 0 unspecified atom stereocenters. The van der Waals surface area contributed by atoms with Crippen molar-refractivity contribution in [3.05, 3.63) is 54.1 Å². The number of hydrogen-bond donors (Lipinski definition) is 2. The number of nitrogens with one attached hydrogen (secondary N) is 2. The molecule has 0 bridgehead atoms. The average Bonchev–Trinajstić information content (AvgIpc) is 2.60. The number of amides is 1. The summed E-state index contributed by atoms with van der Waals surface area (Å²) in [6, 6.07) is 12.4. The van der Waals surface area contributed by atoms with Crippen LogP contribution in [-0.4, -0.2) is 28.0 Å². The maximum Gasteiger partial charge on any atom is 0.261 e. The first-order valence-electron chi connectivity index (χ1n) is 7.51. The molecule has 0 radical (unpaired) electrons. The first-order valence-corrected chi connectivity index (χ1v) is 8.99. The second kappa shape index (κ2) is 7.83. The molecular formula is C17H20N2O4S. The Morgan fingerprint density at radius 2 is 1.67 bits per heavy atom. The Morgan fingerprint density at radius 1 is 1.04 bits per heavy atom. The molecule has 7 heteroatoms. The zero-order chi connectivity index (χ0) is 17.6. The maximum atomic E-state index is 12.4. The summed E-state index contributed by atoms with van der Waals surface area (Å²) in [5.74, 6) is 0.421. The predicted octanol–water partition coefficient (Wildman–Crippen LogP) is 2.64. The van der Waals surface area contributed by atoms with Crippen LogP contribution in [-0.2, 0) is 10.0 Å². The minimum Gasteiger partial charge on any atom is -0.497 e. The third kappa shape index (κ3) is 4.48. The van der Waals surface area contributed by atoms with Crippen molar-refractivity contribution in [3.8, 4) is 5.75 Å². The number of rotatable bonds is 7. The molecule has 0 fully saturated rings. The lowest BCUT2D eigenvalue weighted by molar-refractivity contribution is 0.0953. The van der Waals surface area contributed by atoms with Crippen LogP contribution in [0.5, 0.6) is 5.75 Å². The summed E-state index contributed by atoms with van der Waals surface area (Å²) < 4.78 is 32.2. The lowest BCUT2D eigenvalue weighted by atomic mass is 10.2. The van der Waals surface area contributed by atoms with Gasteiger partial charge in [-0.2, -0.15) is 0 Å². The summed E-state index contributed by atoms with van der Waals surface area (Å²) in [5, 5.41) is 2.74. The number of carbonyl (C=O) groups is 1. The minimum atomic E-state index is -3.71. The van der Waals surface area contributed by atoms with E-state index in [0.29, 0.717) is 23.5 Å². The highest BCUT2D eigenvalue weighted by atomic mass is 32.2. The van der Waals surface area contributed by atoms with Crippen molar-refractivity contribution in [2.24, 2.45) is 0 Å². The number of methoxy groups -OCH3 is 1. The molecule has 0 saturated carbocycles. The lowest BCUT2D eigenvalue weighted by Crippen LogP contribution is -2.24. The second-order valence-electron chi connectivity index (χ2n) is 5.11. The zero-order valence-electron chi connectivity index (χ0n) is 13.6. The van der Waals surface area contributed by atoms with Crippen molar-refractivity contribution in [1.29, 1.82) is 0 Å². The highest BCUT2D eigenvalue weighted by molar-refractivity contribution is 7.92. The highest BCUT2D eigenvalue weighted by Crippen LogP contribution is 2.19. The standard InChI is InChI=1S/C17H20N2O4S/c1-3-12-18-17(20)13-4-10-16(11-5-13)24(21,22)19-14-6-8-15(23-2)9-7-14/h4-11,19H,3,12H2,1-2H3,(H,18,20). The van der Waals surface area contributed by atoms with Gasteiger partial charge in [-0.05, 0) is 55.0 Å². The molecule has 0 atom stereocenters. The monoisotopic (exact) mass is 348 g/mol. The van der Waals surface area contributed by atoms with Gasteiger partial charge < -0.3 is 10.1 Å². The fourth-order valence-electron chi connectivity index (χ4n) is 2.00. The third-order valence-corrected chi connectivity index (χ3v) is 4.70. The van der Waals surface area contributed by atoms with Gasteiger partial charge in [-0.3, -0.25) is 9.52 Å². The van der Waals surface area contributed by atoms with E-state index in [4.69, 9.17) is 4.74 Å². The molecule has 1 amide bonds. The summed E-state index contributed by atoms with van der Waals surface area (Å²) in [7, 11) is -2.18. The van der Waals surface area contributed by atoms with Crippen molar-refractivity contribution in [2.45, 2.75) is 18.2 Å². The van der Waals surface area contributed by atoms with Crippen LogP contribution in [0.4, 0.5) is 5.69 Å². The second-order valence-corrected chi connectivity index (χ2v) is 6.80. The van der Waals surface area contributed by atoms with E-state index in [1.54, 1.807) is 24.3 Å². The van der Waals surface area contributed by atoms with Crippen LogP contribution >= 0.6 is 0 Å². The van der Waals surface area contributed by atoms with Gasteiger partial charge in [0.1, 0.15) is 5.75 Å². The SMILES string of the molecule is CCCNC(=O)c1ccc(S(=O)(=O)Nc2ccc(OC)cc2)cc1. The van der Waals surface area contributed by atoms with E-state index in [0.717, 1.165) is 6.42 Å².